The quantitative estimate of drug-likeness (QED) is 0.825. The molecule has 7 nitrogen and oxygen atoms in total. The molecule has 1 aliphatic rings. The molecule has 2 heterocycles. The summed E-state index contributed by atoms with van der Waals surface area (Å²) in [7, 11) is 0. The minimum absolute atomic E-state index is 0.0544. The van der Waals surface area contributed by atoms with Crippen LogP contribution in [0.15, 0.2) is 18.3 Å². The molecule has 1 saturated heterocycles. The third-order valence-electron chi connectivity index (χ3n) is 4.07. The van der Waals surface area contributed by atoms with E-state index in [2.05, 4.69) is 29.5 Å². The summed E-state index contributed by atoms with van der Waals surface area (Å²) in [5.41, 5.74) is 1.32. The minimum atomic E-state index is -0.279. The highest BCUT2D eigenvalue weighted by Gasteiger charge is 2.25. The van der Waals surface area contributed by atoms with Crippen LogP contribution in [0.1, 0.15) is 44.1 Å². The van der Waals surface area contributed by atoms with E-state index >= 15 is 0 Å². The highest BCUT2D eigenvalue weighted by atomic mass is 16.6. The molecule has 1 aromatic rings. The van der Waals surface area contributed by atoms with E-state index in [0.717, 1.165) is 25.1 Å². The summed E-state index contributed by atoms with van der Waals surface area (Å²) in [4.78, 5) is 29.9. The number of rotatable bonds is 6. The van der Waals surface area contributed by atoms with Gasteiger partial charge in [0.25, 0.3) is 5.91 Å². The van der Waals surface area contributed by atoms with Gasteiger partial charge in [-0.3, -0.25) is 4.79 Å². The van der Waals surface area contributed by atoms with Crippen molar-refractivity contribution in [3.05, 3.63) is 24.0 Å². The van der Waals surface area contributed by atoms with Crippen molar-refractivity contribution in [1.29, 1.82) is 0 Å². The SMILES string of the molecule is CCOC(=O)N1CCC(NC(=O)c2ccc(NCC(C)C)cn2)CC1. The summed E-state index contributed by atoms with van der Waals surface area (Å²) in [6.45, 7) is 8.49. The number of hydrogen-bond acceptors (Lipinski definition) is 5. The molecule has 1 fully saturated rings. The van der Waals surface area contributed by atoms with Crippen LogP contribution in [0, 0.1) is 5.92 Å². The van der Waals surface area contributed by atoms with Crippen LogP contribution in [0.2, 0.25) is 0 Å². The van der Waals surface area contributed by atoms with Crippen molar-refractivity contribution in [2.45, 2.75) is 39.7 Å². The lowest BCUT2D eigenvalue weighted by Crippen LogP contribution is -2.46. The minimum Gasteiger partial charge on any atom is -0.450 e. The van der Waals surface area contributed by atoms with Crippen LogP contribution in [-0.2, 0) is 4.74 Å². The van der Waals surface area contributed by atoms with Crippen molar-refractivity contribution in [1.82, 2.24) is 15.2 Å². The molecule has 7 heteroatoms. The number of piperidine rings is 1. The highest BCUT2D eigenvalue weighted by molar-refractivity contribution is 5.92. The molecule has 0 spiro atoms. The van der Waals surface area contributed by atoms with Gasteiger partial charge in [-0.05, 0) is 37.8 Å². The summed E-state index contributed by atoms with van der Waals surface area (Å²) >= 11 is 0. The second kappa shape index (κ2) is 9.25. The number of pyridine rings is 1. The lowest BCUT2D eigenvalue weighted by Gasteiger charge is -2.31. The van der Waals surface area contributed by atoms with Crippen molar-refractivity contribution in [2.24, 2.45) is 5.92 Å². The first-order valence-corrected chi connectivity index (χ1v) is 8.92. The molecule has 2 rings (SSSR count). The van der Waals surface area contributed by atoms with Gasteiger partial charge in [-0.2, -0.15) is 0 Å². The van der Waals surface area contributed by atoms with E-state index in [1.54, 1.807) is 24.1 Å². The fourth-order valence-corrected chi connectivity index (χ4v) is 2.64. The van der Waals surface area contributed by atoms with Gasteiger partial charge in [0.1, 0.15) is 5.69 Å². The van der Waals surface area contributed by atoms with Gasteiger partial charge >= 0.3 is 6.09 Å². The third-order valence-corrected chi connectivity index (χ3v) is 4.07. The summed E-state index contributed by atoms with van der Waals surface area (Å²) < 4.78 is 5.00. The van der Waals surface area contributed by atoms with E-state index < -0.39 is 0 Å². The maximum atomic E-state index is 12.3. The number of likely N-dealkylation sites (tertiary alicyclic amines) is 1. The van der Waals surface area contributed by atoms with E-state index in [1.807, 2.05) is 6.07 Å². The molecule has 25 heavy (non-hydrogen) atoms. The number of nitrogens with one attached hydrogen (secondary N) is 2. The molecule has 1 aliphatic heterocycles. The number of carbonyl (C=O) groups is 2. The Balaban J connectivity index is 1.79. The number of aromatic nitrogens is 1. The molecule has 0 bridgehead atoms. The number of amides is 2. The normalized spacial score (nSPS) is 15.1. The van der Waals surface area contributed by atoms with Gasteiger partial charge in [-0.15, -0.1) is 0 Å². The maximum Gasteiger partial charge on any atom is 0.409 e. The second-order valence-electron chi connectivity index (χ2n) is 6.64. The van der Waals surface area contributed by atoms with Gasteiger partial charge < -0.3 is 20.3 Å². The van der Waals surface area contributed by atoms with Gasteiger partial charge in [0.2, 0.25) is 0 Å². The topological polar surface area (TPSA) is 83.6 Å². The molecule has 0 aliphatic carbocycles. The molecule has 0 unspecified atom stereocenters. The highest BCUT2D eigenvalue weighted by Crippen LogP contribution is 2.13. The predicted octanol–water partition coefficient (Wildman–Crippen LogP) is 2.50. The number of anilines is 1. The lowest BCUT2D eigenvalue weighted by atomic mass is 10.1. The van der Waals surface area contributed by atoms with Crippen LogP contribution in [-0.4, -0.2) is 54.2 Å². The molecule has 0 radical (unpaired) electrons. The first-order chi connectivity index (χ1) is 12.0. The Morgan fingerprint density at radius 1 is 1.32 bits per heavy atom. The Morgan fingerprint density at radius 3 is 2.60 bits per heavy atom. The van der Waals surface area contributed by atoms with Gasteiger partial charge in [0.15, 0.2) is 0 Å². The first-order valence-electron chi connectivity index (χ1n) is 8.92. The van der Waals surface area contributed by atoms with Crippen LogP contribution in [0.4, 0.5) is 10.5 Å². The molecular weight excluding hydrogens is 320 g/mol. The average Bonchev–Trinajstić information content (AvgIpc) is 2.61. The van der Waals surface area contributed by atoms with E-state index in [9.17, 15) is 9.59 Å². The van der Waals surface area contributed by atoms with Gasteiger partial charge in [-0.1, -0.05) is 13.8 Å². The third kappa shape index (κ3) is 5.92. The average molecular weight is 348 g/mol. The van der Waals surface area contributed by atoms with Crippen LogP contribution in [0.5, 0.6) is 0 Å². The molecule has 0 aromatic carbocycles. The smallest absolute Gasteiger partial charge is 0.409 e. The largest absolute Gasteiger partial charge is 0.450 e. The number of carbonyl (C=O) groups excluding carboxylic acids is 2. The summed E-state index contributed by atoms with van der Waals surface area (Å²) in [6, 6.07) is 3.65. The lowest BCUT2D eigenvalue weighted by molar-refractivity contribution is 0.0856. The molecule has 0 saturated carbocycles. The molecule has 138 valence electrons. The van der Waals surface area contributed by atoms with Crippen LogP contribution < -0.4 is 10.6 Å². The standard InChI is InChI=1S/C18H28N4O3/c1-4-25-18(24)22-9-7-14(8-10-22)21-17(23)16-6-5-15(12-20-16)19-11-13(2)3/h5-6,12-14,19H,4,7-11H2,1-3H3,(H,21,23). The Morgan fingerprint density at radius 2 is 2.04 bits per heavy atom. The molecular formula is C18H28N4O3. The van der Waals surface area contributed by atoms with Crippen molar-refractivity contribution in [2.75, 3.05) is 31.6 Å². The summed E-state index contributed by atoms with van der Waals surface area (Å²) in [5, 5.41) is 6.27. The van der Waals surface area contributed by atoms with Crippen molar-refractivity contribution < 1.29 is 14.3 Å². The molecule has 2 N–H and O–H groups in total. The monoisotopic (exact) mass is 348 g/mol. The molecule has 1 aromatic heterocycles. The zero-order valence-electron chi connectivity index (χ0n) is 15.2. The van der Waals surface area contributed by atoms with E-state index in [1.165, 1.54) is 0 Å². The van der Waals surface area contributed by atoms with Crippen LogP contribution in [0.25, 0.3) is 0 Å². The fraction of sp³-hybridized carbons (Fsp3) is 0.611. The Hall–Kier alpha value is -2.31. The Labute approximate surface area is 149 Å². The van der Waals surface area contributed by atoms with Gasteiger partial charge in [0.05, 0.1) is 18.5 Å². The number of ether oxygens (including phenoxy) is 1. The number of hydrogen-bond donors (Lipinski definition) is 2. The maximum absolute atomic E-state index is 12.3. The second-order valence-corrected chi connectivity index (χ2v) is 6.64. The Kier molecular flexibility index (Phi) is 7.03. The van der Waals surface area contributed by atoms with Gasteiger partial charge in [0, 0.05) is 25.7 Å². The van der Waals surface area contributed by atoms with Crippen molar-refractivity contribution in [3.8, 4) is 0 Å². The van der Waals surface area contributed by atoms with Crippen LogP contribution >= 0.6 is 0 Å². The zero-order chi connectivity index (χ0) is 18.2. The van der Waals surface area contributed by atoms with E-state index in [4.69, 9.17) is 4.74 Å². The van der Waals surface area contributed by atoms with E-state index in [0.29, 0.717) is 31.3 Å². The number of nitrogens with zero attached hydrogens (tertiary/aromatic N) is 2. The predicted molar refractivity (Wildman–Crippen MR) is 96.6 cm³/mol. The van der Waals surface area contributed by atoms with E-state index in [-0.39, 0.29) is 18.0 Å². The van der Waals surface area contributed by atoms with Gasteiger partial charge in [-0.25, -0.2) is 9.78 Å². The molecule has 2 amide bonds. The van der Waals surface area contributed by atoms with Crippen molar-refractivity contribution >= 4 is 17.7 Å². The molecule has 0 atom stereocenters. The van der Waals surface area contributed by atoms with Crippen LogP contribution in [0.3, 0.4) is 0 Å². The first kappa shape index (κ1) is 19.0. The van der Waals surface area contributed by atoms with Crippen molar-refractivity contribution in [3.63, 3.8) is 0 Å². The zero-order valence-corrected chi connectivity index (χ0v) is 15.2. The summed E-state index contributed by atoms with van der Waals surface area (Å²) in [5.74, 6) is 0.369. The fourth-order valence-electron chi connectivity index (χ4n) is 2.64. The Bertz CT molecular complexity index is 566. The summed E-state index contributed by atoms with van der Waals surface area (Å²) in [6.07, 6.45) is 2.84.